The predicted molar refractivity (Wildman–Crippen MR) is 121 cm³/mol. The van der Waals surface area contributed by atoms with Crippen LogP contribution in [0.1, 0.15) is 70.2 Å². The van der Waals surface area contributed by atoms with Gasteiger partial charge in [-0.25, -0.2) is 14.0 Å². The number of esters is 2. The molecule has 1 aliphatic carbocycles. The average molecular weight is 460 g/mol. The number of hydrogen-bond acceptors (Lipinski definition) is 6. The van der Waals surface area contributed by atoms with Crippen molar-refractivity contribution in [2.24, 2.45) is 0 Å². The highest BCUT2D eigenvalue weighted by Crippen LogP contribution is 2.35. The van der Waals surface area contributed by atoms with Crippen molar-refractivity contribution in [2.45, 2.75) is 52.1 Å². The number of carbonyl (C=O) groups excluding carboxylic acids is 3. The molecule has 0 spiro atoms. The first-order valence-corrected chi connectivity index (χ1v) is 11.5. The van der Waals surface area contributed by atoms with E-state index in [2.05, 4.69) is 5.32 Å². The van der Waals surface area contributed by atoms with E-state index >= 15 is 0 Å². The molecule has 6 nitrogen and oxygen atoms in total. The Balaban J connectivity index is 1.81. The number of benzene rings is 1. The monoisotopic (exact) mass is 459 g/mol. The van der Waals surface area contributed by atoms with Gasteiger partial charge in [0, 0.05) is 6.08 Å². The predicted octanol–water partition coefficient (Wildman–Crippen LogP) is 5.51. The van der Waals surface area contributed by atoms with Gasteiger partial charge in [-0.15, -0.1) is 11.3 Å². The summed E-state index contributed by atoms with van der Waals surface area (Å²) in [5.41, 5.74) is 1.07. The number of amides is 1. The molecule has 8 heteroatoms. The van der Waals surface area contributed by atoms with Crippen LogP contribution in [0.5, 0.6) is 0 Å². The maximum atomic E-state index is 13.3. The van der Waals surface area contributed by atoms with Gasteiger partial charge in [0.15, 0.2) is 0 Å². The lowest BCUT2D eigenvalue weighted by Gasteiger charge is -2.21. The van der Waals surface area contributed by atoms with Crippen LogP contribution in [0.4, 0.5) is 9.39 Å². The number of anilines is 1. The molecule has 2 aromatic rings. The summed E-state index contributed by atoms with van der Waals surface area (Å²) >= 11 is 0.988. The van der Waals surface area contributed by atoms with Crippen LogP contribution in [0.2, 0.25) is 0 Å². The van der Waals surface area contributed by atoms with Gasteiger partial charge in [0.1, 0.15) is 21.8 Å². The summed E-state index contributed by atoms with van der Waals surface area (Å²) in [6, 6.07) is 5.80. The van der Waals surface area contributed by atoms with E-state index in [4.69, 9.17) is 9.47 Å². The third-order valence-electron chi connectivity index (χ3n) is 5.15. The fourth-order valence-corrected chi connectivity index (χ4v) is 4.65. The first kappa shape index (κ1) is 23.7. The molecular formula is C24H26FNO5S. The summed E-state index contributed by atoms with van der Waals surface area (Å²) in [5.74, 6) is -2.05. The van der Waals surface area contributed by atoms with Crippen molar-refractivity contribution in [3.8, 4) is 0 Å². The van der Waals surface area contributed by atoms with E-state index in [-0.39, 0.29) is 28.2 Å². The van der Waals surface area contributed by atoms with Crippen molar-refractivity contribution in [2.75, 3.05) is 11.9 Å². The van der Waals surface area contributed by atoms with Crippen molar-refractivity contribution in [3.63, 3.8) is 0 Å². The molecule has 0 radical (unpaired) electrons. The van der Waals surface area contributed by atoms with Gasteiger partial charge in [-0.3, -0.25) is 4.79 Å². The van der Waals surface area contributed by atoms with E-state index in [0.717, 1.165) is 43.4 Å². The number of hydrogen-bond donors (Lipinski definition) is 1. The lowest BCUT2D eigenvalue weighted by Crippen LogP contribution is -2.21. The molecule has 0 saturated heterocycles. The zero-order chi connectivity index (χ0) is 23.1. The largest absolute Gasteiger partial charge is 0.462 e. The highest BCUT2D eigenvalue weighted by molar-refractivity contribution is 7.18. The molecule has 1 heterocycles. The summed E-state index contributed by atoms with van der Waals surface area (Å²) in [7, 11) is 0. The zero-order valence-electron chi connectivity index (χ0n) is 18.1. The van der Waals surface area contributed by atoms with E-state index < -0.39 is 23.7 Å². The molecule has 1 amide bonds. The Morgan fingerprint density at radius 3 is 2.62 bits per heavy atom. The van der Waals surface area contributed by atoms with Gasteiger partial charge in [0.25, 0.3) is 0 Å². The molecule has 0 bridgehead atoms. The second-order valence-electron chi connectivity index (χ2n) is 7.52. The molecule has 0 unspecified atom stereocenters. The third kappa shape index (κ3) is 6.03. The molecule has 1 aromatic carbocycles. The Morgan fingerprint density at radius 1 is 1.19 bits per heavy atom. The van der Waals surface area contributed by atoms with Gasteiger partial charge in [0.2, 0.25) is 5.91 Å². The molecule has 1 aliphatic rings. The van der Waals surface area contributed by atoms with E-state index in [9.17, 15) is 18.8 Å². The molecule has 1 fully saturated rings. The van der Waals surface area contributed by atoms with Crippen molar-refractivity contribution in [3.05, 3.63) is 57.7 Å². The van der Waals surface area contributed by atoms with Crippen LogP contribution < -0.4 is 5.32 Å². The Bertz CT molecular complexity index is 1020. The third-order valence-corrected chi connectivity index (χ3v) is 6.34. The fraction of sp³-hybridized carbons (Fsp3) is 0.375. The minimum absolute atomic E-state index is 0.129. The summed E-state index contributed by atoms with van der Waals surface area (Å²) < 4.78 is 24.1. The molecule has 32 heavy (non-hydrogen) atoms. The van der Waals surface area contributed by atoms with Gasteiger partial charge in [0.05, 0.1) is 12.2 Å². The van der Waals surface area contributed by atoms with E-state index in [0.29, 0.717) is 11.1 Å². The number of halogens is 1. The quantitative estimate of drug-likeness (QED) is 0.436. The average Bonchev–Trinajstić information content (AvgIpc) is 3.09. The Labute approximate surface area is 190 Å². The van der Waals surface area contributed by atoms with Crippen LogP contribution in [0.15, 0.2) is 30.3 Å². The number of rotatable bonds is 7. The molecule has 1 saturated carbocycles. The maximum absolute atomic E-state index is 13.3. The lowest BCUT2D eigenvalue weighted by atomic mass is 9.98. The minimum atomic E-state index is -0.623. The van der Waals surface area contributed by atoms with Crippen LogP contribution >= 0.6 is 11.3 Å². The second-order valence-corrected chi connectivity index (χ2v) is 8.54. The highest BCUT2D eigenvalue weighted by atomic mass is 32.1. The molecule has 0 atom stereocenters. The van der Waals surface area contributed by atoms with E-state index in [1.54, 1.807) is 26.0 Å². The zero-order valence-corrected chi connectivity index (χ0v) is 18.9. The molecular weight excluding hydrogens is 433 g/mol. The molecule has 0 aliphatic heterocycles. The Hall–Kier alpha value is -3.00. The van der Waals surface area contributed by atoms with Crippen LogP contribution in [-0.4, -0.2) is 30.6 Å². The normalized spacial score (nSPS) is 14.3. The van der Waals surface area contributed by atoms with Crippen molar-refractivity contribution < 1.29 is 28.2 Å². The van der Waals surface area contributed by atoms with Crippen molar-refractivity contribution in [1.29, 1.82) is 0 Å². The summed E-state index contributed by atoms with van der Waals surface area (Å²) in [5, 5.41) is 2.86. The molecule has 1 aromatic heterocycles. The molecule has 170 valence electrons. The van der Waals surface area contributed by atoms with Gasteiger partial charge in [-0.05, 0) is 68.9 Å². The van der Waals surface area contributed by atoms with E-state index in [1.165, 1.54) is 24.3 Å². The standard InChI is InChI=1S/C24H26FNO5S/c1-3-30-23(28)20-15(2)21(24(29)31-18-10-5-4-6-11-18)32-22(20)26-19(27)13-12-16-8-7-9-17(25)14-16/h7-9,12-14,18H,3-6,10-11H2,1-2H3,(H,26,27)/b13-12+. The fourth-order valence-electron chi connectivity index (χ4n) is 3.57. The second kappa shape index (κ2) is 11.0. The van der Waals surface area contributed by atoms with E-state index in [1.807, 2.05) is 0 Å². The number of carbonyl (C=O) groups is 3. The Kier molecular flexibility index (Phi) is 8.16. The van der Waals surface area contributed by atoms with Gasteiger partial charge in [-0.1, -0.05) is 18.6 Å². The molecule has 3 rings (SSSR count). The summed E-state index contributed by atoms with van der Waals surface area (Å²) in [6.07, 6.45) is 7.40. The SMILES string of the molecule is CCOC(=O)c1c(NC(=O)/C=C/c2cccc(F)c2)sc(C(=O)OC2CCCCC2)c1C. The van der Waals surface area contributed by atoms with Gasteiger partial charge < -0.3 is 14.8 Å². The maximum Gasteiger partial charge on any atom is 0.348 e. The van der Waals surface area contributed by atoms with Gasteiger partial charge >= 0.3 is 11.9 Å². The summed E-state index contributed by atoms with van der Waals surface area (Å²) in [6.45, 7) is 3.47. The number of ether oxygens (including phenoxy) is 2. The van der Waals surface area contributed by atoms with Crippen LogP contribution in [0.3, 0.4) is 0 Å². The van der Waals surface area contributed by atoms with Crippen molar-refractivity contribution >= 4 is 40.3 Å². The Morgan fingerprint density at radius 2 is 1.94 bits per heavy atom. The van der Waals surface area contributed by atoms with Gasteiger partial charge in [-0.2, -0.15) is 0 Å². The number of thiophene rings is 1. The topological polar surface area (TPSA) is 81.7 Å². The number of nitrogens with one attached hydrogen (secondary N) is 1. The first-order chi connectivity index (χ1) is 15.4. The van der Waals surface area contributed by atoms with Crippen LogP contribution in [-0.2, 0) is 14.3 Å². The summed E-state index contributed by atoms with van der Waals surface area (Å²) in [4.78, 5) is 38.0. The minimum Gasteiger partial charge on any atom is -0.462 e. The smallest absolute Gasteiger partial charge is 0.348 e. The molecule has 1 N–H and O–H groups in total. The van der Waals surface area contributed by atoms with Crippen LogP contribution in [0, 0.1) is 12.7 Å². The first-order valence-electron chi connectivity index (χ1n) is 10.6. The van der Waals surface area contributed by atoms with Crippen LogP contribution in [0.25, 0.3) is 6.08 Å². The lowest BCUT2D eigenvalue weighted by molar-refractivity contribution is -0.111. The van der Waals surface area contributed by atoms with Crippen molar-refractivity contribution in [1.82, 2.24) is 0 Å². The highest BCUT2D eigenvalue weighted by Gasteiger charge is 2.28.